The van der Waals surface area contributed by atoms with Gasteiger partial charge in [-0.1, -0.05) is 12.1 Å². The molecule has 2 unspecified atom stereocenters. The second-order valence-corrected chi connectivity index (χ2v) is 10.5. The number of hydrogen-bond donors (Lipinski definition) is 2. The molecule has 226 valence electrons. The summed E-state index contributed by atoms with van der Waals surface area (Å²) in [6.07, 6.45) is 3.84. The molecule has 2 aliphatic rings. The molecule has 1 amide bonds. The number of pyridine rings is 1. The fraction of sp³-hybridized carbons (Fsp3) is 0.367. The Labute approximate surface area is 244 Å². The number of carboxylic acids is 1. The molecule has 5 heterocycles. The Bertz CT molecular complexity index is 1630. The summed E-state index contributed by atoms with van der Waals surface area (Å²) >= 11 is 0. The lowest BCUT2D eigenvalue weighted by atomic mass is 9.88. The number of aromatic nitrogens is 4. The Hall–Kier alpha value is -4.68. The van der Waals surface area contributed by atoms with Gasteiger partial charge in [0.15, 0.2) is 5.65 Å². The first-order valence-corrected chi connectivity index (χ1v) is 13.8. The topological polar surface area (TPSA) is 130 Å². The van der Waals surface area contributed by atoms with Gasteiger partial charge in [0.1, 0.15) is 11.4 Å². The molecule has 13 heteroatoms. The molecule has 1 aromatic carbocycles. The second kappa shape index (κ2) is 11.9. The van der Waals surface area contributed by atoms with Crippen molar-refractivity contribution in [2.24, 2.45) is 0 Å². The van der Waals surface area contributed by atoms with Gasteiger partial charge in [0.2, 0.25) is 0 Å². The van der Waals surface area contributed by atoms with Gasteiger partial charge in [-0.2, -0.15) is 18.3 Å². The van der Waals surface area contributed by atoms with E-state index < -0.39 is 12.1 Å². The summed E-state index contributed by atoms with van der Waals surface area (Å²) in [4.78, 5) is 32.4. The van der Waals surface area contributed by atoms with Gasteiger partial charge in [0.05, 0.1) is 12.2 Å². The van der Waals surface area contributed by atoms with Gasteiger partial charge in [-0.05, 0) is 74.9 Å². The van der Waals surface area contributed by atoms with Gasteiger partial charge >= 0.3 is 18.2 Å². The van der Waals surface area contributed by atoms with Crippen LogP contribution in [0.15, 0.2) is 55.0 Å². The molecule has 0 saturated carbocycles. The number of nitrogens with zero attached hydrogens (tertiary/aromatic N) is 5. The first-order valence-electron chi connectivity index (χ1n) is 13.8. The average Bonchev–Trinajstić information content (AvgIpc) is 3.49. The third-order valence-electron chi connectivity index (χ3n) is 7.87. The molecule has 2 bridgehead atoms. The van der Waals surface area contributed by atoms with Crippen molar-refractivity contribution in [3.63, 3.8) is 0 Å². The quantitative estimate of drug-likeness (QED) is 0.294. The highest BCUT2D eigenvalue weighted by Crippen LogP contribution is 2.44. The van der Waals surface area contributed by atoms with E-state index in [0.29, 0.717) is 6.61 Å². The number of amides is 1. The van der Waals surface area contributed by atoms with Crippen LogP contribution in [0, 0.1) is 6.92 Å². The van der Waals surface area contributed by atoms with Crippen LogP contribution in [0.5, 0.6) is 5.75 Å². The Morgan fingerprint density at radius 1 is 1.02 bits per heavy atom. The minimum absolute atomic E-state index is 0.180. The third kappa shape index (κ3) is 5.97. The molecule has 2 saturated heterocycles. The van der Waals surface area contributed by atoms with Gasteiger partial charge in [-0.25, -0.2) is 19.1 Å². The van der Waals surface area contributed by atoms with Crippen molar-refractivity contribution in [3.05, 3.63) is 66.2 Å². The van der Waals surface area contributed by atoms with Gasteiger partial charge < -0.3 is 19.8 Å². The number of aliphatic carboxylic acids is 1. The summed E-state index contributed by atoms with van der Waals surface area (Å²) in [5, 5.41) is 22.7. The van der Waals surface area contributed by atoms with E-state index in [9.17, 15) is 23.1 Å². The fourth-order valence-electron chi connectivity index (χ4n) is 5.93. The molecule has 2 N–H and O–H groups in total. The second-order valence-electron chi connectivity index (χ2n) is 10.5. The molecule has 43 heavy (non-hydrogen) atoms. The van der Waals surface area contributed by atoms with Crippen molar-refractivity contribution in [1.29, 1.82) is 0 Å². The molecule has 4 aromatic rings. The number of benzene rings is 1. The molecule has 2 fully saturated rings. The van der Waals surface area contributed by atoms with E-state index in [2.05, 4.69) is 11.1 Å². The van der Waals surface area contributed by atoms with Crippen molar-refractivity contribution in [3.8, 4) is 28.1 Å². The fourth-order valence-corrected chi connectivity index (χ4v) is 5.93. The standard InChI is InChI=1S/C28H29N5O3.C2HF3O2/c1-3-36-28(35)32-21-6-7-22(32)15-20(14-21)23-10-13-30-27-25(19-5-4-17(2)24(34)16-19)26(31-33(23)27)18-8-11-29-12-9-18;3-2(4,5)1(6)7/h4-5,8-13,16,20-22,34H,3,6-7,14-15H2,1-2H3;(H,6,7). The lowest BCUT2D eigenvalue weighted by molar-refractivity contribution is -0.192. The summed E-state index contributed by atoms with van der Waals surface area (Å²) in [7, 11) is 0. The maximum atomic E-state index is 12.6. The molecule has 2 atom stereocenters. The summed E-state index contributed by atoms with van der Waals surface area (Å²) in [6, 6.07) is 12.0. The number of alkyl halides is 3. The molecule has 2 aliphatic heterocycles. The van der Waals surface area contributed by atoms with Crippen LogP contribution in [0.4, 0.5) is 18.0 Å². The number of aryl methyl sites for hydroxylation is 1. The Morgan fingerprint density at radius 3 is 2.26 bits per heavy atom. The number of aromatic hydroxyl groups is 1. The number of carbonyl (C=O) groups is 2. The minimum Gasteiger partial charge on any atom is -0.508 e. The van der Waals surface area contributed by atoms with Crippen LogP contribution >= 0.6 is 0 Å². The Morgan fingerprint density at radius 2 is 1.67 bits per heavy atom. The molecule has 0 radical (unpaired) electrons. The van der Waals surface area contributed by atoms with E-state index in [0.717, 1.165) is 65.0 Å². The highest BCUT2D eigenvalue weighted by atomic mass is 19.4. The zero-order valence-corrected chi connectivity index (χ0v) is 23.5. The van der Waals surface area contributed by atoms with Gasteiger partial charge in [0.25, 0.3) is 0 Å². The number of piperidine rings is 1. The van der Waals surface area contributed by atoms with Crippen molar-refractivity contribution < 1.29 is 37.7 Å². The van der Waals surface area contributed by atoms with E-state index in [1.165, 1.54) is 0 Å². The molecular weight excluding hydrogens is 567 g/mol. The molecule has 0 aliphatic carbocycles. The molecule has 6 rings (SSSR count). The number of ether oxygens (including phenoxy) is 1. The normalized spacial score (nSPS) is 19.6. The van der Waals surface area contributed by atoms with Gasteiger partial charge in [-0.3, -0.25) is 4.98 Å². The van der Waals surface area contributed by atoms with E-state index in [1.54, 1.807) is 18.5 Å². The van der Waals surface area contributed by atoms with Crippen LogP contribution in [0.25, 0.3) is 28.0 Å². The zero-order chi connectivity index (χ0) is 30.9. The minimum atomic E-state index is -5.08. The molecular formula is C30H30F3N5O5. The van der Waals surface area contributed by atoms with Crippen molar-refractivity contribution >= 4 is 17.7 Å². The number of phenolic OH excluding ortho intramolecular Hbond substituents is 1. The number of halogens is 3. The number of rotatable bonds is 4. The van der Waals surface area contributed by atoms with Crippen LogP contribution in [-0.2, 0) is 9.53 Å². The summed E-state index contributed by atoms with van der Waals surface area (Å²) in [5.41, 5.74) is 6.15. The lowest BCUT2D eigenvalue weighted by Crippen LogP contribution is -2.46. The number of phenols is 1. The molecule has 0 spiro atoms. The van der Waals surface area contributed by atoms with E-state index in [4.69, 9.17) is 24.7 Å². The van der Waals surface area contributed by atoms with Crippen molar-refractivity contribution in [2.45, 2.75) is 63.7 Å². The van der Waals surface area contributed by atoms with Gasteiger partial charge in [0, 0.05) is 47.8 Å². The number of hydrogen-bond acceptors (Lipinski definition) is 7. The largest absolute Gasteiger partial charge is 0.508 e. The first-order chi connectivity index (χ1) is 20.5. The smallest absolute Gasteiger partial charge is 0.490 e. The molecule has 3 aromatic heterocycles. The lowest BCUT2D eigenvalue weighted by Gasteiger charge is -2.38. The van der Waals surface area contributed by atoms with Crippen molar-refractivity contribution in [2.75, 3.05) is 6.61 Å². The van der Waals surface area contributed by atoms with Crippen LogP contribution in [-0.4, -0.2) is 71.6 Å². The highest BCUT2D eigenvalue weighted by Gasteiger charge is 2.45. The predicted molar refractivity (Wildman–Crippen MR) is 149 cm³/mol. The Kier molecular flexibility index (Phi) is 8.25. The maximum Gasteiger partial charge on any atom is 0.490 e. The monoisotopic (exact) mass is 597 g/mol. The number of carboxylic acid groups (broad SMARTS) is 1. The molecule has 10 nitrogen and oxygen atoms in total. The number of fused-ring (bicyclic) bond motifs is 3. The zero-order valence-electron chi connectivity index (χ0n) is 23.5. The SMILES string of the molecule is CCOC(=O)N1C2CCC1CC(c1ccnc3c(-c4ccc(C)c(O)c4)c(-c4ccncc4)nn13)C2.O=C(O)C(F)(F)F. The first kappa shape index (κ1) is 29.8. The van der Waals surface area contributed by atoms with Crippen LogP contribution in [0.3, 0.4) is 0 Å². The van der Waals surface area contributed by atoms with Crippen LogP contribution in [0.1, 0.15) is 49.8 Å². The van der Waals surface area contributed by atoms with Crippen LogP contribution < -0.4 is 0 Å². The Balaban J connectivity index is 0.000000472. The van der Waals surface area contributed by atoms with E-state index in [1.807, 2.05) is 53.7 Å². The van der Waals surface area contributed by atoms with E-state index >= 15 is 0 Å². The van der Waals surface area contributed by atoms with Crippen molar-refractivity contribution in [1.82, 2.24) is 24.5 Å². The average molecular weight is 598 g/mol. The predicted octanol–water partition coefficient (Wildman–Crippen LogP) is 5.97. The highest BCUT2D eigenvalue weighted by molar-refractivity contribution is 5.91. The third-order valence-corrected chi connectivity index (χ3v) is 7.87. The summed E-state index contributed by atoms with van der Waals surface area (Å²) < 4.78 is 39.0. The summed E-state index contributed by atoms with van der Waals surface area (Å²) in [5.74, 6) is -2.26. The van der Waals surface area contributed by atoms with Gasteiger partial charge in [-0.15, -0.1) is 0 Å². The van der Waals surface area contributed by atoms with Crippen LogP contribution in [0.2, 0.25) is 0 Å². The van der Waals surface area contributed by atoms with E-state index in [-0.39, 0.29) is 29.8 Å². The number of carbonyl (C=O) groups excluding carboxylic acids is 1. The summed E-state index contributed by atoms with van der Waals surface area (Å²) in [6.45, 7) is 4.13. The maximum absolute atomic E-state index is 12.6.